The van der Waals surface area contributed by atoms with Gasteiger partial charge in [0.05, 0.1) is 0 Å². The third-order valence-corrected chi connectivity index (χ3v) is 7.02. The zero-order valence-electron chi connectivity index (χ0n) is 12.5. The van der Waals surface area contributed by atoms with Gasteiger partial charge in [-0.15, -0.1) is 0 Å². The van der Waals surface area contributed by atoms with Crippen molar-refractivity contribution in [2.45, 2.75) is 9.79 Å². The molecule has 0 aromatic heterocycles. The molecule has 0 saturated heterocycles. The van der Waals surface area contributed by atoms with Gasteiger partial charge < -0.3 is 0 Å². The van der Waals surface area contributed by atoms with E-state index in [0.29, 0.717) is 0 Å². The van der Waals surface area contributed by atoms with Gasteiger partial charge in [0, 0.05) is 30.6 Å². The number of benzene rings is 4. The third kappa shape index (κ3) is 3.00. The molecule has 0 aliphatic heterocycles. The Morgan fingerprint density at radius 3 is 1.29 bits per heavy atom. The largest absolute Gasteiger partial charge is 0.0837 e. The number of fused-ring (bicyclic) bond motifs is 2. The molecule has 0 bridgehead atoms. The molecule has 0 radical (unpaired) electrons. The molecule has 0 atom stereocenters. The Labute approximate surface area is 158 Å². The maximum atomic E-state index is 6.31. The summed E-state index contributed by atoms with van der Waals surface area (Å²) in [6.45, 7) is 0. The van der Waals surface area contributed by atoms with Crippen molar-refractivity contribution in [1.82, 2.24) is 0 Å². The van der Waals surface area contributed by atoms with Crippen LogP contribution in [0.1, 0.15) is 0 Å². The van der Waals surface area contributed by atoms with E-state index in [4.69, 9.17) is 23.2 Å². The topological polar surface area (TPSA) is 0 Å². The summed E-state index contributed by atoms with van der Waals surface area (Å²) in [6, 6.07) is 24.6. The molecule has 4 aromatic rings. The molecule has 0 spiro atoms. The Morgan fingerprint density at radius 1 is 0.458 bits per heavy atom. The molecule has 118 valence electrons. The summed E-state index contributed by atoms with van der Waals surface area (Å²) in [7, 11) is 3.49. The normalized spacial score (nSPS) is 11.2. The number of rotatable bonds is 3. The van der Waals surface area contributed by atoms with Crippen LogP contribution in [0.2, 0.25) is 10.0 Å². The van der Waals surface area contributed by atoms with E-state index in [1.54, 1.807) is 21.6 Å². The van der Waals surface area contributed by atoms with Crippen LogP contribution in [-0.4, -0.2) is 0 Å². The molecule has 0 N–H and O–H groups in total. The number of hydrogen-bond acceptors (Lipinski definition) is 2. The Balaban J connectivity index is 1.72. The van der Waals surface area contributed by atoms with E-state index < -0.39 is 0 Å². The van der Waals surface area contributed by atoms with E-state index in [-0.39, 0.29) is 0 Å². The molecule has 24 heavy (non-hydrogen) atoms. The van der Waals surface area contributed by atoms with Crippen LogP contribution in [0.15, 0.2) is 82.6 Å². The summed E-state index contributed by atoms with van der Waals surface area (Å²) in [4.78, 5) is 2.41. The van der Waals surface area contributed by atoms with Crippen molar-refractivity contribution in [2.24, 2.45) is 0 Å². The van der Waals surface area contributed by atoms with Gasteiger partial charge in [0.2, 0.25) is 0 Å². The Morgan fingerprint density at radius 2 is 0.833 bits per heavy atom. The van der Waals surface area contributed by atoms with E-state index in [9.17, 15) is 0 Å². The first kappa shape index (κ1) is 16.2. The summed E-state index contributed by atoms with van der Waals surface area (Å²) < 4.78 is 0. The summed E-state index contributed by atoms with van der Waals surface area (Å²) in [5.41, 5.74) is 0. The fourth-order valence-electron chi connectivity index (χ4n) is 2.72. The highest BCUT2D eigenvalue weighted by molar-refractivity contribution is 8.76. The molecule has 4 heteroatoms. The molecule has 0 unspecified atom stereocenters. The molecular formula is C20H12Cl2S2. The van der Waals surface area contributed by atoms with Crippen LogP contribution in [0, 0.1) is 0 Å². The van der Waals surface area contributed by atoms with Crippen molar-refractivity contribution >= 4 is 66.3 Å². The van der Waals surface area contributed by atoms with E-state index in [1.807, 2.05) is 24.3 Å². The minimum absolute atomic E-state index is 0.789. The maximum Gasteiger partial charge on any atom is 0.0484 e. The molecule has 0 fully saturated rings. The second-order valence-electron chi connectivity index (χ2n) is 5.35. The minimum Gasteiger partial charge on any atom is -0.0837 e. The smallest absolute Gasteiger partial charge is 0.0484 e. The summed E-state index contributed by atoms with van der Waals surface area (Å²) >= 11 is 12.6. The van der Waals surface area contributed by atoms with Gasteiger partial charge in [-0.1, -0.05) is 93.3 Å². The molecule has 0 heterocycles. The average Bonchev–Trinajstić information content (AvgIpc) is 2.61. The van der Waals surface area contributed by atoms with Gasteiger partial charge >= 0.3 is 0 Å². The van der Waals surface area contributed by atoms with Gasteiger partial charge in [0.25, 0.3) is 0 Å². The lowest BCUT2D eigenvalue weighted by atomic mass is 10.1. The van der Waals surface area contributed by atoms with Gasteiger partial charge in [0.1, 0.15) is 0 Å². The number of hydrogen-bond donors (Lipinski definition) is 0. The lowest BCUT2D eigenvalue weighted by Gasteiger charge is -2.09. The van der Waals surface area contributed by atoms with Gasteiger partial charge in [-0.3, -0.25) is 0 Å². The van der Waals surface area contributed by atoms with Crippen molar-refractivity contribution < 1.29 is 0 Å². The second-order valence-corrected chi connectivity index (χ2v) is 8.38. The highest BCUT2D eigenvalue weighted by Crippen LogP contribution is 2.44. The fraction of sp³-hybridized carbons (Fsp3) is 0. The maximum absolute atomic E-state index is 6.31. The van der Waals surface area contributed by atoms with Crippen molar-refractivity contribution in [3.63, 3.8) is 0 Å². The summed E-state index contributed by atoms with van der Waals surface area (Å²) in [5, 5.41) is 6.12. The van der Waals surface area contributed by atoms with Gasteiger partial charge in [-0.05, 0) is 35.0 Å². The van der Waals surface area contributed by atoms with Gasteiger partial charge in [-0.2, -0.15) is 0 Å². The highest BCUT2D eigenvalue weighted by atomic mass is 35.5. The predicted molar refractivity (Wildman–Crippen MR) is 110 cm³/mol. The second kappa shape index (κ2) is 6.89. The fourth-order valence-corrected chi connectivity index (χ4v) is 5.59. The molecule has 0 nitrogen and oxygen atoms in total. The van der Waals surface area contributed by atoms with Crippen LogP contribution in [0.25, 0.3) is 21.5 Å². The van der Waals surface area contributed by atoms with Gasteiger partial charge in [0.15, 0.2) is 0 Å². The number of halogens is 2. The molecule has 0 aliphatic rings. The van der Waals surface area contributed by atoms with E-state index in [0.717, 1.165) is 20.8 Å². The van der Waals surface area contributed by atoms with Crippen molar-refractivity contribution in [2.75, 3.05) is 0 Å². The van der Waals surface area contributed by atoms with Crippen LogP contribution in [0.5, 0.6) is 0 Å². The zero-order valence-corrected chi connectivity index (χ0v) is 15.6. The third-order valence-electron chi connectivity index (χ3n) is 3.88. The van der Waals surface area contributed by atoms with Crippen molar-refractivity contribution in [3.8, 4) is 0 Å². The van der Waals surface area contributed by atoms with Crippen molar-refractivity contribution in [3.05, 3.63) is 82.8 Å². The monoisotopic (exact) mass is 386 g/mol. The Kier molecular flexibility index (Phi) is 4.64. The van der Waals surface area contributed by atoms with Crippen LogP contribution < -0.4 is 0 Å². The highest BCUT2D eigenvalue weighted by Gasteiger charge is 2.08. The first-order valence-corrected chi connectivity index (χ1v) is 10.3. The van der Waals surface area contributed by atoms with Crippen LogP contribution >= 0.6 is 44.8 Å². The van der Waals surface area contributed by atoms with Crippen molar-refractivity contribution in [1.29, 1.82) is 0 Å². The van der Waals surface area contributed by atoms with Crippen LogP contribution in [-0.2, 0) is 0 Å². The Hall–Kier alpha value is -1.32. The lowest BCUT2D eigenvalue weighted by molar-refractivity contribution is 1.55. The molecule has 0 saturated carbocycles. The SMILES string of the molecule is Clc1cccc2c(SSc3cccc4c(Cl)cccc34)cccc12. The van der Waals surface area contributed by atoms with E-state index >= 15 is 0 Å². The first-order chi connectivity index (χ1) is 11.7. The zero-order chi connectivity index (χ0) is 16.5. The summed E-state index contributed by atoms with van der Waals surface area (Å²) in [6.07, 6.45) is 0. The molecule has 0 aliphatic carbocycles. The standard InChI is InChI=1S/C20H12Cl2S2/c21-17-9-1-7-15-13(17)5-3-11-19(15)23-24-20-12-4-6-14-16(20)8-2-10-18(14)22/h1-12H. The van der Waals surface area contributed by atoms with Gasteiger partial charge in [-0.25, -0.2) is 0 Å². The molecular weight excluding hydrogens is 375 g/mol. The van der Waals surface area contributed by atoms with Crippen LogP contribution in [0.4, 0.5) is 0 Å². The van der Waals surface area contributed by atoms with Crippen LogP contribution in [0.3, 0.4) is 0 Å². The molecule has 4 rings (SSSR count). The van der Waals surface area contributed by atoms with E-state index in [1.165, 1.54) is 20.6 Å². The minimum atomic E-state index is 0.789. The lowest BCUT2D eigenvalue weighted by Crippen LogP contribution is -1.79. The first-order valence-electron chi connectivity index (χ1n) is 7.43. The van der Waals surface area contributed by atoms with E-state index in [2.05, 4.69) is 48.5 Å². The average molecular weight is 387 g/mol. The molecule has 0 amide bonds. The predicted octanol–water partition coefficient (Wildman–Crippen LogP) is 8.10. The quantitative estimate of drug-likeness (QED) is 0.326. The Bertz CT molecular complexity index is 959. The summed E-state index contributed by atoms with van der Waals surface area (Å²) in [5.74, 6) is 0. The molecule has 4 aromatic carbocycles.